The molecule has 0 saturated carbocycles. The lowest BCUT2D eigenvalue weighted by atomic mass is 10.3. The van der Waals surface area contributed by atoms with Gasteiger partial charge in [0, 0.05) is 0 Å². The second-order valence-corrected chi connectivity index (χ2v) is 2.06. The molecule has 1 heterocycles. The largest absolute Gasteiger partial charge is 0.323 e. The highest BCUT2D eigenvalue weighted by atomic mass is 16.1. The molecule has 2 N–H and O–H groups in total. The van der Waals surface area contributed by atoms with Crippen LogP contribution < -0.4 is 5.69 Å². The molecule has 10 heavy (non-hydrogen) atoms. The molecule has 3 heteroatoms. The van der Waals surface area contributed by atoms with E-state index in [9.17, 15) is 4.79 Å². The zero-order chi connectivity index (χ0) is 7.84. The van der Waals surface area contributed by atoms with Gasteiger partial charge < -0.3 is 9.96 Å². The standard InChI is InChI=1S/C7H6N2O/c10-7-8-5-3-1-2-4-6(5)9-7/h1-4H,(H2,8,9,10)/i/hD. The maximum atomic E-state index is 10.9. The normalized spacial score (nSPS) is 11.8. The van der Waals surface area contributed by atoms with E-state index in [4.69, 9.17) is 1.41 Å². The molecule has 2 rings (SSSR count). The van der Waals surface area contributed by atoms with E-state index in [0.717, 1.165) is 4.98 Å². The van der Waals surface area contributed by atoms with Gasteiger partial charge in [0.25, 0.3) is 0 Å². The summed E-state index contributed by atoms with van der Waals surface area (Å²) in [5.74, 6) is 0. The van der Waals surface area contributed by atoms with Gasteiger partial charge in [-0.05, 0) is 12.1 Å². The van der Waals surface area contributed by atoms with E-state index in [1.165, 1.54) is 0 Å². The molecule has 0 amide bonds. The van der Waals surface area contributed by atoms with Gasteiger partial charge >= 0.3 is 5.69 Å². The van der Waals surface area contributed by atoms with Crippen molar-refractivity contribution in [3.8, 4) is 0 Å². The van der Waals surface area contributed by atoms with Crippen molar-refractivity contribution in [3.05, 3.63) is 34.7 Å². The van der Waals surface area contributed by atoms with Gasteiger partial charge in [0.15, 0.2) is 1.41 Å². The van der Waals surface area contributed by atoms with Crippen LogP contribution in [0.3, 0.4) is 0 Å². The predicted octanol–water partition coefficient (Wildman–Crippen LogP) is 0.856. The lowest BCUT2D eigenvalue weighted by molar-refractivity contribution is 1.22. The van der Waals surface area contributed by atoms with Crippen LogP contribution in [0.2, 0.25) is 1.41 Å². The number of H-pyrrole nitrogens is 2. The first-order valence-electron chi connectivity index (χ1n) is 3.43. The highest BCUT2D eigenvalue weighted by Crippen LogP contribution is 2.03. The SMILES string of the molecule is [2H]n1c(=O)[nH]c2ccccc21. The molecule has 0 aliphatic carbocycles. The molecular weight excluding hydrogens is 128 g/mol. The molecule has 3 nitrogen and oxygen atoms in total. The minimum absolute atomic E-state index is 0.397. The molecule has 50 valence electrons. The van der Waals surface area contributed by atoms with E-state index in [0.29, 0.717) is 11.0 Å². The Morgan fingerprint density at radius 1 is 1.30 bits per heavy atom. The average molecular weight is 135 g/mol. The third-order valence-corrected chi connectivity index (χ3v) is 1.37. The Morgan fingerprint density at radius 2 is 2.00 bits per heavy atom. The van der Waals surface area contributed by atoms with E-state index >= 15 is 0 Å². The van der Waals surface area contributed by atoms with Crippen molar-refractivity contribution in [3.63, 3.8) is 0 Å². The fourth-order valence-corrected chi connectivity index (χ4v) is 0.929. The van der Waals surface area contributed by atoms with Crippen molar-refractivity contribution in [1.82, 2.24) is 9.96 Å². The molecule has 1 aromatic carbocycles. The number of aromatic amines is 2. The summed E-state index contributed by atoms with van der Waals surface area (Å²) in [5, 5.41) is 0. The molecule has 0 spiro atoms. The van der Waals surface area contributed by atoms with Gasteiger partial charge in [-0.2, -0.15) is 0 Å². The van der Waals surface area contributed by atoms with E-state index in [1.54, 1.807) is 18.2 Å². The Balaban J connectivity index is 3.04. The number of rotatable bonds is 0. The second-order valence-electron chi connectivity index (χ2n) is 2.06. The Kier molecular flexibility index (Phi) is 0.750. The van der Waals surface area contributed by atoms with Gasteiger partial charge in [-0.3, -0.25) is 0 Å². The summed E-state index contributed by atoms with van der Waals surface area (Å²) in [6, 6.07) is 7.10. The predicted molar refractivity (Wildman–Crippen MR) is 38.9 cm³/mol. The van der Waals surface area contributed by atoms with Crippen LogP contribution in [0.25, 0.3) is 11.0 Å². The quantitative estimate of drug-likeness (QED) is 0.553. The van der Waals surface area contributed by atoms with Crippen molar-refractivity contribution in [1.29, 1.82) is 0 Å². The topological polar surface area (TPSA) is 48.6 Å². The summed E-state index contributed by atoms with van der Waals surface area (Å²) in [6.45, 7) is 0. The smallest absolute Gasteiger partial charge is 0.306 e. The molecule has 0 unspecified atom stereocenters. The summed E-state index contributed by atoms with van der Waals surface area (Å²) in [5.41, 5.74) is 0.913. The highest BCUT2D eigenvalue weighted by molar-refractivity contribution is 5.73. The number of hydrogen-bond acceptors (Lipinski definition) is 1. The van der Waals surface area contributed by atoms with E-state index in [1.807, 2.05) is 6.07 Å². The summed E-state index contributed by atoms with van der Waals surface area (Å²) in [7, 11) is 0. The zero-order valence-corrected chi connectivity index (χ0v) is 5.16. The van der Waals surface area contributed by atoms with E-state index in [-0.39, 0.29) is 0 Å². The lowest BCUT2D eigenvalue weighted by Gasteiger charge is -1.81. The molecule has 0 aliphatic rings. The minimum atomic E-state index is -0.397. The number of nitrogens with one attached hydrogen (secondary N) is 2. The molecule has 0 bridgehead atoms. The molecule has 0 radical (unpaired) electrons. The van der Waals surface area contributed by atoms with Crippen LogP contribution in [-0.2, 0) is 0 Å². The molecule has 0 fully saturated rings. The second kappa shape index (κ2) is 1.73. The molecule has 1 aromatic heterocycles. The number of imidazole rings is 1. The van der Waals surface area contributed by atoms with Crippen molar-refractivity contribution >= 4 is 11.0 Å². The van der Waals surface area contributed by atoms with Crippen LogP contribution in [0.4, 0.5) is 0 Å². The van der Waals surface area contributed by atoms with Crippen LogP contribution in [0, 0.1) is 0 Å². The van der Waals surface area contributed by atoms with Gasteiger partial charge in [-0.25, -0.2) is 4.79 Å². The fraction of sp³-hybridized carbons (Fsp3) is 0. The van der Waals surface area contributed by atoms with Crippen LogP contribution >= 0.6 is 0 Å². The molecule has 0 saturated heterocycles. The third kappa shape index (κ3) is 0.639. The first-order valence-corrected chi connectivity index (χ1v) is 2.98. The Morgan fingerprint density at radius 3 is 2.70 bits per heavy atom. The first kappa shape index (κ1) is 4.33. The summed E-state index contributed by atoms with van der Waals surface area (Å²) < 4.78 is 7.24. The summed E-state index contributed by atoms with van der Waals surface area (Å²) in [4.78, 5) is 14.2. The van der Waals surface area contributed by atoms with Crippen molar-refractivity contribution in [2.75, 3.05) is 0 Å². The molecule has 0 aliphatic heterocycles. The van der Waals surface area contributed by atoms with Gasteiger partial charge in [0.1, 0.15) is 0 Å². The van der Waals surface area contributed by atoms with Gasteiger partial charge in [0.2, 0.25) is 0 Å². The fourth-order valence-electron chi connectivity index (χ4n) is 0.929. The van der Waals surface area contributed by atoms with Crippen molar-refractivity contribution in [2.24, 2.45) is 0 Å². The van der Waals surface area contributed by atoms with E-state index < -0.39 is 5.69 Å². The van der Waals surface area contributed by atoms with E-state index in [2.05, 4.69) is 4.98 Å². The van der Waals surface area contributed by atoms with Gasteiger partial charge in [0.05, 0.1) is 11.0 Å². The van der Waals surface area contributed by atoms with Crippen LogP contribution in [0.5, 0.6) is 0 Å². The summed E-state index contributed by atoms with van der Waals surface area (Å²) >= 11 is 0. The molecule has 2 aromatic rings. The third-order valence-electron chi connectivity index (χ3n) is 1.37. The highest BCUT2D eigenvalue weighted by Gasteiger charge is 1.92. The summed E-state index contributed by atoms with van der Waals surface area (Å²) in [6.07, 6.45) is 0. The Hall–Kier alpha value is -1.51. The van der Waals surface area contributed by atoms with Crippen molar-refractivity contribution < 1.29 is 1.41 Å². The van der Waals surface area contributed by atoms with Crippen LogP contribution in [0.15, 0.2) is 29.1 Å². The monoisotopic (exact) mass is 135 g/mol. The number of para-hydroxylation sites is 2. The Labute approximate surface area is 58.2 Å². The maximum Gasteiger partial charge on any atom is 0.323 e. The zero-order valence-electron chi connectivity index (χ0n) is 6.16. The number of fused-ring (bicyclic) bond motifs is 1. The molecular formula is C7H6N2O. The first-order chi connectivity index (χ1) is 5.29. The molecule has 0 atom stereocenters. The average Bonchev–Trinajstić information content (AvgIpc) is 2.30. The van der Waals surface area contributed by atoms with Crippen molar-refractivity contribution in [2.45, 2.75) is 0 Å². The Bertz CT molecular complexity index is 443. The number of aromatic nitrogens is 2. The van der Waals surface area contributed by atoms with Crippen LogP contribution in [-0.4, -0.2) is 9.96 Å². The van der Waals surface area contributed by atoms with Gasteiger partial charge in [-0.15, -0.1) is 0 Å². The lowest BCUT2D eigenvalue weighted by Crippen LogP contribution is -1.99. The minimum Gasteiger partial charge on any atom is -0.306 e. The van der Waals surface area contributed by atoms with Gasteiger partial charge in [-0.1, -0.05) is 12.1 Å². The number of benzene rings is 1. The van der Waals surface area contributed by atoms with Crippen LogP contribution in [0.1, 0.15) is 0 Å². The number of hydrogen-bond donors (Lipinski definition) is 2. The maximum absolute atomic E-state index is 10.9.